The Balaban J connectivity index is 3.17. The Morgan fingerprint density at radius 2 is 2.00 bits per heavy atom. The molecule has 0 unspecified atom stereocenters. The molecule has 0 saturated heterocycles. The van der Waals surface area contributed by atoms with Crippen molar-refractivity contribution in [1.29, 1.82) is 0 Å². The minimum absolute atomic E-state index is 0.0362. The van der Waals surface area contributed by atoms with Gasteiger partial charge in [-0.1, -0.05) is 0 Å². The number of aromatic nitrogens is 2. The van der Waals surface area contributed by atoms with Crippen LogP contribution in [0.3, 0.4) is 0 Å². The predicted molar refractivity (Wildman–Crippen MR) is 56.1 cm³/mol. The maximum absolute atomic E-state index is 9.02. The van der Waals surface area contributed by atoms with Gasteiger partial charge in [-0.15, -0.1) is 0 Å². The van der Waals surface area contributed by atoms with Crippen molar-refractivity contribution in [2.75, 3.05) is 6.61 Å². The molecule has 14 heavy (non-hydrogen) atoms. The molecule has 0 saturated carbocycles. The molecule has 0 amide bonds. The molecule has 0 aliphatic heterocycles. The molecule has 0 aliphatic carbocycles. The normalized spacial score (nSPS) is 13.6. The van der Waals surface area contributed by atoms with Crippen molar-refractivity contribution in [3.63, 3.8) is 0 Å². The molecule has 3 N–H and O–H groups in total. The van der Waals surface area contributed by atoms with E-state index in [1.807, 2.05) is 18.5 Å². The molecule has 0 aliphatic rings. The highest BCUT2D eigenvalue weighted by Gasteiger charge is 2.18. The van der Waals surface area contributed by atoms with Gasteiger partial charge in [-0.3, -0.25) is 4.68 Å². The lowest BCUT2D eigenvalue weighted by atomic mass is 10.1. The number of nitrogens with two attached hydrogens (primary N) is 1. The van der Waals surface area contributed by atoms with Crippen LogP contribution in [0.5, 0.6) is 0 Å². The number of hydrogen-bond acceptors (Lipinski definition) is 3. The number of aliphatic hydroxyl groups is 1. The van der Waals surface area contributed by atoms with Crippen molar-refractivity contribution in [3.8, 4) is 0 Å². The molecule has 80 valence electrons. The molecule has 1 heterocycles. The maximum atomic E-state index is 9.02. The van der Waals surface area contributed by atoms with E-state index in [1.54, 1.807) is 0 Å². The Morgan fingerprint density at radius 1 is 1.43 bits per heavy atom. The Hall–Kier alpha value is -0.870. The van der Waals surface area contributed by atoms with Gasteiger partial charge < -0.3 is 10.8 Å². The quantitative estimate of drug-likeness (QED) is 0.762. The zero-order valence-electron chi connectivity index (χ0n) is 9.28. The first-order valence-electron chi connectivity index (χ1n) is 4.91. The van der Waals surface area contributed by atoms with Gasteiger partial charge in [0.15, 0.2) is 0 Å². The van der Waals surface area contributed by atoms with Crippen LogP contribution in [-0.4, -0.2) is 21.5 Å². The summed E-state index contributed by atoms with van der Waals surface area (Å²) in [4.78, 5) is 0. The average Bonchev–Trinajstić information content (AvgIpc) is 2.41. The first-order chi connectivity index (χ1) is 6.49. The largest absolute Gasteiger partial charge is 0.394 e. The summed E-state index contributed by atoms with van der Waals surface area (Å²) in [6.45, 7) is 8.04. The van der Waals surface area contributed by atoms with E-state index in [1.165, 1.54) is 0 Å². The monoisotopic (exact) mass is 197 g/mol. The molecule has 0 aromatic carbocycles. The second kappa shape index (κ2) is 4.11. The van der Waals surface area contributed by atoms with Crippen LogP contribution in [0, 0.1) is 13.8 Å². The van der Waals surface area contributed by atoms with Gasteiger partial charge >= 0.3 is 0 Å². The highest BCUT2D eigenvalue weighted by atomic mass is 16.3. The number of nitrogens with zero attached hydrogens (tertiary/aromatic N) is 2. The summed E-state index contributed by atoms with van der Waals surface area (Å²) in [5, 5.41) is 13.4. The third kappa shape index (κ3) is 1.81. The van der Waals surface area contributed by atoms with Gasteiger partial charge in [0.2, 0.25) is 0 Å². The van der Waals surface area contributed by atoms with Gasteiger partial charge in [-0.25, -0.2) is 0 Å². The molecule has 4 heteroatoms. The Kier molecular flexibility index (Phi) is 3.29. The molecular weight excluding hydrogens is 178 g/mol. The second-order valence-corrected chi connectivity index (χ2v) is 3.91. The summed E-state index contributed by atoms with van der Waals surface area (Å²) in [6.07, 6.45) is 0. The van der Waals surface area contributed by atoms with E-state index in [-0.39, 0.29) is 12.6 Å². The number of hydrogen-bond donors (Lipinski definition) is 2. The van der Waals surface area contributed by atoms with Crippen LogP contribution in [0.15, 0.2) is 0 Å². The summed E-state index contributed by atoms with van der Waals surface area (Å²) in [5.41, 5.74) is 8.75. The highest BCUT2D eigenvalue weighted by molar-refractivity contribution is 5.28. The molecule has 0 radical (unpaired) electrons. The Morgan fingerprint density at radius 3 is 2.36 bits per heavy atom. The van der Waals surface area contributed by atoms with E-state index in [2.05, 4.69) is 18.9 Å². The second-order valence-electron chi connectivity index (χ2n) is 3.91. The topological polar surface area (TPSA) is 64.1 Å². The minimum Gasteiger partial charge on any atom is -0.394 e. The van der Waals surface area contributed by atoms with Crippen molar-refractivity contribution in [3.05, 3.63) is 17.0 Å². The Labute approximate surface area is 84.7 Å². The van der Waals surface area contributed by atoms with Gasteiger partial charge in [0.05, 0.1) is 18.3 Å². The number of rotatable bonds is 3. The van der Waals surface area contributed by atoms with E-state index >= 15 is 0 Å². The fourth-order valence-corrected chi connectivity index (χ4v) is 1.81. The minimum atomic E-state index is -0.317. The van der Waals surface area contributed by atoms with E-state index in [9.17, 15) is 0 Å². The molecule has 1 aromatic heterocycles. The standard InChI is InChI=1S/C10H19N3O/c1-6(2)13-8(4)10(7(3)12-13)9(11)5-14/h6,9,14H,5,11H2,1-4H3/t9-/m1/s1. The smallest absolute Gasteiger partial charge is 0.0645 e. The molecular formula is C10H19N3O. The van der Waals surface area contributed by atoms with Gasteiger partial charge in [-0.05, 0) is 27.7 Å². The lowest BCUT2D eigenvalue weighted by Crippen LogP contribution is -2.16. The summed E-state index contributed by atoms with van der Waals surface area (Å²) in [5.74, 6) is 0. The fraction of sp³-hybridized carbons (Fsp3) is 0.700. The average molecular weight is 197 g/mol. The lowest BCUT2D eigenvalue weighted by molar-refractivity contribution is 0.267. The third-order valence-electron chi connectivity index (χ3n) is 2.44. The zero-order chi connectivity index (χ0) is 10.9. The predicted octanol–water partition coefficient (Wildman–Crippen LogP) is 1.07. The van der Waals surface area contributed by atoms with Gasteiger partial charge in [0.1, 0.15) is 0 Å². The number of aliphatic hydroxyl groups excluding tert-OH is 1. The molecule has 1 aromatic rings. The van der Waals surface area contributed by atoms with Crippen LogP contribution in [0.25, 0.3) is 0 Å². The molecule has 0 fully saturated rings. The van der Waals surface area contributed by atoms with Crippen molar-refractivity contribution in [1.82, 2.24) is 9.78 Å². The van der Waals surface area contributed by atoms with Crippen LogP contribution < -0.4 is 5.73 Å². The molecule has 0 bridgehead atoms. The Bertz CT molecular complexity index is 317. The first kappa shape index (κ1) is 11.2. The third-order valence-corrected chi connectivity index (χ3v) is 2.44. The number of aryl methyl sites for hydroxylation is 1. The molecule has 0 spiro atoms. The highest BCUT2D eigenvalue weighted by Crippen LogP contribution is 2.21. The van der Waals surface area contributed by atoms with Crippen molar-refractivity contribution < 1.29 is 5.11 Å². The van der Waals surface area contributed by atoms with E-state index < -0.39 is 0 Å². The SMILES string of the molecule is Cc1nn(C(C)C)c(C)c1[C@H](N)CO. The summed E-state index contributed by atoms with van der Waals surface area (Å²) < 4.78 is 1.94. The maximum Gasteiger partial charge on any atom is 0.0645 e. The fourth-order valence-electron chi connectivity index (χ4n) is 1.81. The van der Waals surface area contributed by atoms with Crippen LogP contribution in [0.4, 0.5) is 0 Å². The van der Waals surface area contributed by atoms with Crippen molar-refractivity contribution in [2.45, 2.75) is 39.8 Å². The lowest BCUT2D eigenvalue weighted by Gasteiger charge is -2.11. The zero-order valence-corrected chi connectivity index (χ0v) is 9.28. The summed E-state index contributed by atoms with van der Waals surface area (Å²) in [7, 11) is 0. The summed E-state index contributed by atoms with van der Waals surface area (Å²) >= 11 is 0. The molecule has 4 nitrogen and oxygen atoms in total. The van der Waals surface area contributed by atoms with Crippen LogP contribution in [0.1, 0.15) is 42.9 Å². The van der Waals surface area contributed by atoms with Gasteiger partial charge in [0.25, 0.3) is 0 Å². The van der Waals surface area contributed by atoms with Crippen LogP contribution in [0.2, 0.25) is 0 Å². The van der Waals surface area contributed by atoms with Crippen LogP contribution in [-0.2, 0) is 0 Å². The van der Waals surface area contributed by atoms with E-state index in [4.69, 9.17) is 10.8 Å². The van der Waals surface area contributed by atoms with E-state index in [0.29, 0.717) is 6.04 Å². The van der Waals surface area contributed by atoms with Gasteiger partial charge in [-0.2, -0.15) is 5.10 Å². The van der Waals surface area contributed by atoms with E-state index in [0.717, 1.165) is 17.0 Å². The first-order valence-corrected chi connectivity index (χ1v) is 4.91. The van der Waals surface area contributed by atoms with Gasteiger partial charge in [0, 0.05) is 17.3 Å². The molecule has 1 atom stereocenters. The molecule has 1 rings (SSSR count). The summed E-state index contributed by atoms with van der Waals surface area (Å²) in [6, 6.07) is 0.0100. The van der Waals surface area contributed by atoms with Crippen molar-refractivity contribution >= 4 is 0 Å². The van der Waals surface area contributed by atoms with Crippen LogP contribution >= 0.6 is 0 Å². The van der Waals surface area contributed by atoms with Crippen molar-refractivity contribution in [2.24, 2.45) is 5.73 Å².